The van der Waals surface area contributed by atoms with E-state index in [1.165, 1.54) is 18.4 Å². The zero-order valence-electron chi connectivity index (χ0n) is 17.6. The Morgan fingerprint density at radius 3 is 2.77 bits per heavy atom. The third-order valence-electron chi connectivity index (χ3n) is 5.77. The van der Waals surface area contributed by atoms with Crippen LogP contribution in [0, 0.1) is 0 Å². The summed E-state index contributed by atoms with van der Waals surface area (Å²) in [6.07, 6.45) is 6.04. The van der Waals surface area contributed by atoms with Crippen LogP contribution in [0.15, 0.2) is 65.2 Å². The van der Waals surface area contributed by atoms with E-state index in [0.29, 0.717) is 42.1 Å². The summed E-state index contributed by atoms with van der Waals surface area (Å²) >= 11 is 6.22. The summed E-state index contributed by atoms with van der Waals surface area (Å²) < 4.78 is 5.80. The Kier molecular flexibility index (Phi) is 7.39. The Morgan fingerprint density at radius 1 is 1.13 bits per heavy atom. The first kappa shape index (κ1) is 21.6. The minimum atomic E-state index is 0.0303. The monoisotopic (exact) mass is 437 g/mol. The molecule has 1 aliphatic rings. The van der Waals surface area contributed by atoms with Gasteiger partial charge in [0.25, 0.3) is 0 Å². The van der Waals surface area contributed by atoms with Gasteiger partial charge in [-0.05, 0) is 37.1 Å². The fraction of sp³-hybridized carbons (Fsp3) is 0.360. The molecule has 0 saturated carbocycles. The lowest BCUT2D eigenvalue weighted by Gasteiger charge is -2.35. The highest BCUT2D eigenvalue weighted by molar-refractivity contribution is 6.33. The van der Waals surface area contributed by atoms with Gasteiger partial charge in [-0.15, -0.1) is 0 Å². The Balaban J connectivity index is 1.26. The van der Waals surface area contributed by atoms with E-state index in [1.54, 1.807) is 6.20 Å². The molecule has 1 amide bonds. The maximum absolute atomic E-state index is 12.4. The van der Waals surface area contributed by atoms with Crippen molar-refractivity contribution in [1.29, 1.82) is 0 Å². The smallest absolute Gasteiger partial charge is 0.220 e. The lowest BCUT2D eigenvalue weighted by atomic mass is 10.0. The molecule has 31 heavy (non-hydrogen) atoms. The predicted octanol–water partition coefficient (Wildman–Crippen LogP) is 5.10. The van der Waals surface area contributed by atoms with Crippen LogP contribution < -0.4 is 5.32 Å². The largest absolute Gasteiger partial charge is 0.441 e. The number of carbonyl (C=O) groups excluding carboxylic acids is 1. The van der Waals surface area contributed by atoms with Gasteiger partial charge in [0.2, 0.25) is 5.91 Å². The van der Waals surface area contributed by atoms with Crippen LogP contribution in [0.2, 0.25) is 5.02 Å². The van der Waals surface area contributed by atoms with Gasteiger partial charge in [0.1, 0.15) is 0 Å². The van der Waals surface area contributed by atoms with Crippen LogP contribution in [0.1, 0.15) is 37.1 Å². The molecule has 1 unspecified atom stereocenters. The average molecular weight is 438 g/mol. The van der Waals surface area contributed by atoms with E-state index in [9.17, 15) is 4.79 Å². The summed E-state index contributed by atoms with van der Waals surface area (Å²) in [7, 11) is 0. The van der Waals surface area contributed by atoms with E-state index in [2.05, 4.69) is 39.5 Å². The van der Waals surface area contributed by atoms with Crippen molar-refractivity contribution in [1.82, 2.24) is 15.2 Å². The van der Waals surface area contributed by atoms with Crippen LogP contribution in [0.25, 0.3) is 11.3 Å². The minimum absolute atomic E-state index is 0.0303. The van der Waals surface area contributed by atoms with Crippen molar-refractivity contribution >= 4 is 17.5 Å². The lowest BCUT2D eigenvalue weighted by molar-refractivity contribution is -0.121. The summed E-state index contributed by atoms with van der Waals surface area (Å²) in [6, 6.07) is 18.4. The van der Waals surface area contributed by atoms with Crippen LogP contribution in [0.4, 0.5) is 0 Å². The number of aromatic nitrogens is 1. The quantitative estimate of drug-likeness (QED) is 0.532. The van der Waals surface area contributed by atoms with Crippen molar-refractivity contribution in [2.45, 2.75) is 44.7 Å². The Hall–Kier alpha value is -2.63. The maximum Gasteiger partial charge on any atom is 0.220 e. The summed E-state index contributed by atoms with van der Waals surface area (Å²) in [4.78, 5) is 19.2. The fourth-order valence-corrected chi connectivity index (χ4v) is 4.30. The molecule has 1 aliphatic heterocycles. The molecule has 0 bridgehead atoms. The number of halogens is 1. The van der Waals surface area contributed by atoms with E-state index in [-0.39, 0.29) is 5.91 Å². The normalized spacial score (nSPS) is 16.9. The summed E-state index contributed by atoms with van der Waals surface area (Å²) in [5.74, 6) is 1.20. The third kappa shape index (κ3) is 5.96. The molecular weight excluding hydrogens is 410 g/mol. The van der Waals surface area contributed by atoms with Gasteiger partial charge in [-0.2, -0.15) is 0 Å². The Morgan fingerprint density at radius 2 is 1.94 bits per heavy atom. The minimum Gasteiger partial charge on any atom is -0.441 e. The molecule has 2 aromatic carbocycles. The van der Waals surface area contributed by atoms with Gasteiger partial charge >= 0.3 is 0 Å². The summed E-state index contributed by atoms with van der Waals surface area (Å²) in [5.41, 5.74) is 2.13. The second-order valence-corrected chi connectivity index (χ2v) is 8.42. The number of likely N-dealkylation sites (tertiary alicyclic amines) is 1. The molecule has 1 saturated heterocycles. The Bertz CT molecular complexity index is 989. The second kappa shape index (κ2) is 10.6. The summed E-state index contributed by atoms with van der Waals surface area (Å²) in [5, 5.41) is 3.74. The van der Waals surface area contributed by atoms with Crippen molar-refractivity contribution in [3.05, 3.63) is 77.3 Å². The van der Waals surface area contributed by atoms with Gasteiger partial charge in [-0.3, -0.25) is 9.69 Å². The number of rotatable bonds is 8. The highest BCUT2D eigenvalue weighted by atomic mass is 35.5. The predicted molar refractivity (Wildman–Crippen MR) is 123 cm³/mol. The van der Waals surface area contributed by atoms with Crippen molar-refractivity contribution in [3.8, 4) is 11.3 Å². The first-order valence-corrected chi connectivity index (χ1v) is 11.3. The molecule has 0 spiro atoms. The zero-order chi connectivity index (χ0) is 21.5. The highest BCUT2D eigenvalue weighted by Gasteiger charge is 2.23. The number of piperidine rings is 1. The number of nitrogens with zero attached hydrogens (tertiary/aromatic N) is 2. The van der Waals surface area contributed by atoms with Crippen molar-refractivity contribution in [3.63, 3.8) is 0 Å². The molecule has 3 aromatic rings. The molecule has 1 aromatic heterocycles. The number of oxazole rings is 1. The molecule has 6 heteroatoms. The van der Waals surface area contributed by atoms with E-state index in [4.69, 9.17) is 16.0 Å². The van der Waals surface area contributed by atoms with Gasteiger partial charge in [0.05, 0.1) is 11.2 Å². The number of hydrogen-bond donors (Lipinski definition) is 1. The fourth-order valence-electron chi connectivity index (χ4n) is 4.07. The molecule has 1 fully saturated rings. The second-order valence-electron chi connectivity index (χ2n) is 8.01. The molecule has 1 N–H and O–H groups in total. The number of carbonyl (C=O) groups is 1. The third-order valence-corrected chi connectivity index (χ3v) is 6.10. The van der Waals surface area contributed by atoms with E-state index < -0.39 is 0 Å². The maximum atomic E-state index is 12.4. The average Bonchev–Trinajstić information content (AvgIpc) is 3.27. The topological polar surface area (TPSA) is 58.4 Å². The van der Waals surface area contributed by atoms with E-state index in [1.807, 2.05) is 30.3 Å². The number of benzene rings is 2. The van der Waals surface area contributed by atoms with Crippen LogP contribution in [0.3, 0.4) is 0 Å². The lowest BCUT2D eigenvalue weighted by Crippen LogP contribution is -2.46. The molecular formula is C25H28ClN3O2. The molecule has 5 nitrogen and oxygen atoms in total. The van der Waals surface area contributed by atoms with Crippen LogP contribution >= 0.6 is 11.6 Å². The molecule has 0 aliphatic carbocycles. The van der Waals surface area contributed by atoms with Crippen molar-refractivity contribution in [2.75, 3.05) is 13.1 Å². The van der Waals surface area contributed by atoms with E-state index in [0.717, 1.165) is 25.1 Å². The standard InChI is InChI=1S/C25H28ClN3O2/c26-22-12-5-4-11-21(22)23-17-28-25(31-23)14-13-24(30)27-16-20-10-6-7-15-29(20)18-19-8-2-1-3-9-19/h1-5,8-9,11-12,17,20H,6-7,10,13-16,18H2,(H,27,30). The molecule has 4 rings (SSSR count). The molecule has 162 valence electrons. The number of amides is 1. The number of aryl methyl sites for hydroxylation is 1. The van der Waals surface area contributed by atoms with Gasteiger partial charge in [-0.25, -0.2) is 4.98 Å². The number of hydrogen-bond acceptors (Lipinski definition) is 4. The first-order valence-electron chi connectivity index (χ1n) is 10.9. The van der Waals surface area contributed by atoms with Crippen molar-refractivity contribution < 1.29 is 9.21 Å². The van der Waals surface area contributed by atoms with Gasteiger partial charge in [-0.1, -0.05) is 60.5 Å². The summed E-state index contributed by atoms with van der Waals surface area (Å²) in [6.45, 7) is 2.70. The SMILES string of the molecule is O=C(CCc1ncc(-c2ccccc2Cl)o1)NCC1CCCCN1Cc1ccccc1. The first-order chi connectivity index (χ1) is 15.2. The van der Waals surface area contributed by atoms with Gasteiger partial charge in [0, 0.05) is 37.5 Å². The molecule has 1 atom stereocenters. The molecule has 0 radical (unpaired) electrons. The van der Waals surface area contributed by atoms with Crippen molar-refractivity contribution in [2.24, 2.45) is 0 Å². The number of nitrogens with one attached hydrogen (secondary N) is 1. The van der Waals surface area contributed by atoms with Crippen LogP contribution in [0.5, 0.6) is 0 Å². The van der Waals surface area contributed by atoms with Gasteiger partial charge < -0.3 is 9.73 Å². The Labute approximate surface area is 188 Å². The highest BCUT2D eigenvalue weighted by Crippen LogP contribution is 2.28. The molecule has 2 heterocycles. The van der Waals surface area contributed by atoms with Crippen LogP contribution in [-0.2, 0) is 17.8 Å². The zero-order valence-corrected chi connectivity index (χ0v) is 18.4. The van der Waals surface area contributed by atoms with Crippen LogP contribution in [-0.4, -0.2) is 34.9 Å². The van der Waals surface area contributed by atoms with Gasteiger partial charge in [0.15, 0.2) is 11.7 Å². The van der Waals surface area contributed by atoms with E-state index >= 15 is 0 Å².